The van der Waals surface area contributed by atoms with Gasteiger partial charge in [0.05, 0.1) is 6.10 Å². The lowest BCUT2D eigenvalue weighted by Crippen LogP contribution is -2.03. The molecule has 1 N–H and O–H groups in total. The topological polar surface area (TPSA) is 20.2 Å². The second kappa shape index (κ2) is 5.25. The van der Waals surface area contributed by atoms with E-state index in [9.17, 15) is 9.50 Å². The monoisotopic (exact) mass is 348 g/mol. The molecule has 4 heteroatoms. The number of rotatable bonds is 3. The summed E-state index contributed by atoms with van der Waals surface area (Å²) in [5.41, 5.74) is 0.787. The minimum absolute atomic E-state index is 0.267. The summed E-state index contributed by atoms with van der Waals surface area (Å²) >= 11 is 3.66. The molecule has 0 spiro atoms. The van der Waals surface area contributed by atoms with Crippen molar-refractivity contribution in [3.8, 4) is 0 Å². The summed E-state index contributed by atoms with van der Waals surface area (Å²) in [6.45, 7) is 0. The summed E-state index contributed by atoms with van der Waals surface area (Å²) in [6, 6.07) is 8.42. The van der Waals surface area contributed by atoms with Crippen molar-refractivity contribution in [1.29, 1.82) is 0 Å². The van der Waals surface area contributed by atoms with Gasteiger partial charge in [0.2, 0.25) is 0 Å². The molecule has 0 aliphatic heterocycles. The minimum Gasteiger partial charge on any atom is -0.388 e. The molecule has 1 heterocycles. The highest BCUT2D eigenvalue weighted by Crippen LogP contribution is 2.25. The van der Waals surface area contributed by atoms with Gasteiger partial charge in [0.25, 0.3) is 0 Å². The molecule has 1 nitrogen and oxygen atoms in total. The molecule has 0 aliphatic rings. The first kappa shape index (κ1) is 12.0. The van der Waals surface area contributed by atoms with Crippen molar-refractivity contribution < 1.29 is 9.50 Å². The molecule has 0 bridgehead atoms. The highest BCUT2D eigenvalue weighted by molar-refractivity contribution is 14.1. The SMILES string of the molecule is OC(Cc1cccs1)c1ccc(F)cc1I. The maximum absolute atomic E-state index is 12.9. The third kappa shape index (κ3) is 2.81. The van der Waals surface area contributed by atoms with E-state index < -0.39 is 6.10 Å². The zero-order chi connectivity index (χ0) is 11.5. The van der Waals surface area contributed by atoms with Crippen LogP contribution in [0.25, 0.3) is 0 Å². The first-order valence-corrected chi connectivity index (χ1v) is 6.78. The quantitative estimate of drug-likeness (QED) is 0.838. The summed E-state index contributed by atoms with van der Waals surface area (Å²) < 4.78 is 13.7. The molecule has 0 aliphatic carbocycles. The Labute approximate surface area is 111 Å². The molecule has 0 saturated heterocycles. The Morgan fingerprint density at radius 3 is 2.81 bits per heavy atom. The van der Waals surface area contributed by atoms with E-state index in [-0.39, 0.29) is 5.82 Å². The van der Waals surface area contributed by atoms with Crippen molar-refractivity contribution in [3.05, 3.63) is 55.5 Å². The van der Waals surface area contributed by atoms with E-state index in [1.165, 1.54) is 12.1 Å². The van der Waals surface area contributed by atoms with Crippen LogP contribution in [0.2, 0.25) is 0 Å². The largest absolute Gasteiger partial charge is 0.388 e. The van der Waals surface area contributed by atoms with E-state index in [1.807, 2.05) is 40.1 Å². The molecule has 1 aromatic carbocycles. The predicted molar refractivity (Wildman–Crippen MR) is 72.1 cm³/mol. The van der Waals surface area contributed by atoms with Crippen molar-refractivity contribution in [3.63, 3.8) is 0 Å². The maximum atomic E-state index is 12.9. The van der Waals surface area contributed by atoms with Crippen LogP contribution in [0.3, 0.4) is 0 Å². The Hall–Kier alpha value is -0.460. The molecule has 0 radical (unpaired) electrons. The molecule has 0 amide bonds. The van der Waals surface area contributed by atoms with Crippen molar-refractivity contribution in [2.75, 3.05) is 0 Å². The summed E-state index contributed by atoms with van der Waals surface area (Å²) in [7, 11) is 0. The van der Waals surface area contributed by atoms with Gasteiger partial charge in [-0.15, -0.1) is 11.3 Å². The summed E-state index contributed by atoms with van der Waals surface area (Å²) in [6.07, 6.45) is 0.0189. The Morgan fingerprint density at radius 2 is 2.19 bits per heavy atom. The second-order valence-electron chi connectivity index (χ2n) is 3.47. The van der Waals surface area contributed by atoms with Crippen molar-refractivity contribution in [2.24, 2.45) is 0 Å². The van der Waals surface area contributed by atoms with Crippen LogP contribution >= 0.6 is 33.9 Å². The molecule has 1 aromatic heterocycles. The Bertz CT molecular complexity index is 470. The average Bonchev–Trinajstić information content (AvgIpc) is 2.70. The Balaban J connectivity index is 2.17. The van der Waals surface area contributed by atoms with Gasteiger partial charge in [-0.1, -0.05) is 12.1 Å². The van der Waals surface area contributed by atoms with Gasteiger partial charge in [-0.25, -0.2) is 4.39 Å². The number of aliphatic hydroxyl groups excluding tert-OH is 1. The van der Waals surface area contributed by atoms with Gasteiger partial charge in [0.15, 0.2) is 0 Å². The first-order chi connectivity index (χ1) is 7.66. The van der Waals surface area contributed by atoms with Crippen molar-refractivity contribution >= 4 is 33.9 Å². The number of thiophene rings is 1. The van der Waals surface area contributed by atoms with Crippen LogP contribution in [-0.2, 0) is 6.42 Å². The average molecular weight is 348 g/mol. The maximum Gasteiger partial charge on any atom is 0.124 e. The van der Waals surface area contributed by atoms with Gasteiger partial charge < -0.3 is 5.11 Å². The number of halogens is 2. The van der Waals surface area contributed by atoms with Gasteiger partial charge in [-0.2, -0.15) is 0 Å². The number of hydrogen-bond acceptors (Lipinski definition) is 2. The van der Waals surface area contributed by atoms with E-state index in [4.69, 9.17) is 0 Å². The van der Waals surface area contributed by atoms with Crippen LogP contribution in [0.15, 0.2) is 35.7 Å². The molecule has 84 valence electrons. The summed E-state index contributed by atoms with van der Waals surface area (Å²) in [4.78, 5) is 1.13. The number of aliphatic hydroxyl groups is 1. The molecule has 1 atom stereocenters. The molecule has 0 saturated carbocycles. The van der Waals surface area contributed by atoms with Gasteiger partial charge in [-0.3, -0.25) is 0 Å². The molecular formula is C12H10FIOS. The number of hydrogen-bond donors (Lipinski definition) is 1. The summed E-state index contributed by atoms with van der Waals surface area (Å²) in [5.74, 6) is -0.267. The minimum atomic E-state index is -0.564. The van der Waals surface area contributed by atoms with Crippen LogP contribution < -0.4 is 0 Å². The van der Waals surface area contributed by atoms with Crippen molar-refractivity contribution in [1.82, 2.24) is 0 Å². The Kier molecular flexibility index (Phi) is 3.94. The molecular weight excluding hydrogens is 338 g/mol. The fourth-order valence-electron chi connectivity index (χ4n) is 1.50. The van der Waals surface area contributed by atoms with Crippen LogP contribution in [0.4, 0.5) is 4.39 Å². The predicted octanol–water partition coefficient (Wildman–Crippen LogP) is 3.77. The standard InChI is InChI=1S/C12H10FIOS/c13-8-3-4-10(11(14)6-8)12(15)7-9-2-1-5-16-9/h1-6,12,15H,7H2. The van der Waals surface area contributed by atoms with E-state index in [0.29, 0.717) is 6.42 Å². The van der Waals surface area contributed by atoms with Gasteiger partial charge in [0.1, 0.15) is 5.82 Å². The van der Waals surface area contributed by atoms with Gasteiger partial charge in [0, 0.05) is 14.9 Å². The zero-order valence-corrected chi connectivity index (χ0v) is 11.3. The van der Waals surface area contributed by atoms with Crippen LogP contribution in [-0.4, -0.2) is 5.11 Å². The third-order valence-electron chi connectivity index (χ3n) is 2.30. The van der Waals surface area contributed by atoms with E-state index >= 15 is 0 Å². The molecule has 16 heavy (non-hydrogen) atoms. The lowest BCUT2D eigenvalue weighted by Gasteiger charge is -2.11. The van der Waals surface area contributed by atoms with Crippen LogP contribution in [0.5, 0.6) is 0 Å². The van der Waals surface area contributed by atoms with Crippen LogP contribution in [0, 0.1) is 9.39 Å². The molecule has 2 aromatic rings. The Morgan fingerprint density at radius 1 is 1.38 bits per heavy atom. The number of benzene rings is 1. The van der Waals surface area contributed by atoms with Crippen molar-refractivity contribution in [2.45, 2.75) is 12.5 Å². The smallest absolute Gasteiger partial charge is 0.124 e. The van der Waals surface area contributed by atoms with E-state index in [2.05, 4.69) is 0 Å². The highest BCUT2D eigenvalue weighted by atomic mass is 127. The van der Waals surface area contributed by atoms with E-state index in [0.717, 1.165) is 14.0 Å². The highest BCUT2D eigenvalue weighted by Gasteiger charge is 2.12. The first-order valence-electron chi connectivity index (χ1n) is 4.82. The lowest BCUT2D eigenvalue weighted by molar-refractivity contribution is 0.178. The molecule has 0 fully saturated rings. The lowest BCUT2D eigenvalue weighted by atomic mass is 10.1. The zero-order valence-electron chi connectivity index (χ0n) is 8.36. The normalized spacial score (nSPS) is 12.7. The van der Waals surface area contributed by atoms with Crippen LogP contribution in [0.1, 0.15) is 16.5 Å². The fraction of sp³-hybridized carbons (Fsp3) is 0.167. The van der Waals surface area contributed by atoms with Gasteiger partial charge in [-0.05, 0) is 51.7 Å². The van der Waals surface area contributed by atoms with Gasteiger partial charge >= 0.3 is 0 Å². The van der Waals surface area contributed by atoms with E-state index in [1.54, 1.807) is 17.4 Å². The molecule has 2 rings (SSSR count). The fourth-order valence-corrected chi connectivity index (χ4v) is 3.08. The third-order valence-corrected chi connectivity index (χ3v) is 4.13. The second-order valence-corrected chi connectivity index (χ2v) is 5.66. The summed E-state index contributed by atoms with van der Waals surface area (Å²) in [5, 5.41) is 12.0. The molecule has 1 unspecified atom stereocenters.